The van der Waals surface area contributed by atoms with Crippen LogP contribution in [0, 0.1) is 5.92 Å². The summed E-state index contributed by atoms with van der Waals surface area (Å²) in [6, 6.07) is 0.479. The van der Waals surface area contributed by atoms with Gasteiger partial charge in [0.05, 0.1) is 15.6 Å². The van der Waals surface area contributed by atoms with Crippen molar-refractivity contribution in [2.24, 2.45) is 5.92 Å². The van der Waals surface area contributed by atoms with Crippen LogP contribution in [-0.4, -0.2) is 36.9 Å². The van der Waals surface area contributed by atoms with E-state index < -0.39 is 0 Å². The normalized spacial score (nSPS) is 23.0. The lowest BCUT2D eigenvalue weighted by atomic mass is 10.0. The Morgan fingerprint density at radius 1 is 1.38 bits per heavy atom. The third kappa shape index (κ3) is 2.94. The van der Waals surface area contributed by atoms with Crippen molar-refractivity contribution in [3.63, 3.8) is 0 Å². The number of nitrogens with zero attached hydrogens (tertiary/aromatic N) is 1. The molecule has 1 saturated carbocycles. The van der Waals surface area contributed by atoms with E-state index in [-0.39, 0.29) is 11.7 Å². The molecule has 0 spiro atoms. The highest BCUT2D eigenvalue weighted by Crippen LogP contribution is 2.51. The van der Waals surface area contributed by atoms with Gasteiger partial charge in [-0.1, -0.05) is 13.8 Å². The Kier molecular flexibility index (Phi) is 3.97. The molecule has 1 saturated heterocycles. The molecule has 1 aliphatic heterocycles. The molecule has 116 valence electrons. The third-order valence-corrected chi connectivity index (χ3v) is 5.61. The first-order valence-corrected chi connectivity index (χ1v) is 8.70. The minimum Gasteiger partial charge on any atom is -0.397 e. The molecule has 0 bridgehead atoms. The van der Waals surface area contributed by atoms with E-state index in [2.05, 4.69) is 17.3 Å². The molecule has 0 aromatic carbocycles. The summed E-state index contributed by atoms with van der Waals surface area (Å²) >= 11 is 1.57. The summed E-state index contributed by atoms with van der Waals surface area (Å²) in [6.07, 6.45) is 3.57. The van der Waals surface area contributed by atoms with Crippen LogP contribution in [0.2, 0.25) is 0 Å². The van der Waals surface area contributed by atoms with Crippen LogP contribution in [0.1, 0.15) is 54.3 Å². The molecule has 0 radical (unpaired) electrons. The first-order chi connectivity index (χ1) is 9.97. The number of likely N-dealkylation sites (tertiary alicyclic amines) is 1. The van der Waals surface area contributed by atoms with E-state index in [1.807, 2.05) is 13.8 Å². The lowest BCUT2D eigenvalue weighted by Gasteiger charge is -2.14. The molecule has 1 aliphatic carbocycles. The number of rotatable bonds is 5. The zero-order valence-corrected chi connectivity index (χ0v) is 13.9. The number of nitrogen functional groups attached to an aromatic ring is 1. The first-order valence-electron chi connectivity index (χ1n) is 7.88. The van der Waals surface area contributed by atoms with Gasteiger partial charge in [-0.25, -0.2) is 0 Å². The fraction of sp³-hybridized carbons (Fsp3) is 0.688. The number of nitrogens with two attached hydrogens (primary N) is 1. The number of likely N-dealkylation sites (N-methyl/N-ethyl adjacent to an activating group) is 1. The number of Topliss-reactive ketones (excluding diaryl/α,β-unsaturated/α-hetero) is 1. The van der Waals surface area contributed by atoms with Gasteiger partial charge in [0, 0.05) is 24.1 Å². The molecular weight excluding hydrogens is 282 g/mol. The van der Waals surface area contributed by atoms with Crippen molar-refractivity contribution in [1.82, 2.24) is 4.90 Å². The highest BCUT2D eigenvalue weighted by atomic mass is 32.1. The maximum absolute atomic E-state index is 12.4. The van der Waals surface area contributed by atoms with Gasteiger partial charge in [0.25, 0.3) is 0 Å². The summed E-state index contributed by atoms with van der Waals surface area (Å²) in [5.74, 6) is 0.746. The quantitative estimate of drug-likeness (QED) is 0.820. The Morgan fingerprint density at radius 2 is 2.10 bits per heavy atom. The first kappa shape index (κ1) is 14.9. The van der Waals surface area contributed by atoms with Gasteiger partial charge in [-0.05, 0) is 38.8 Å². The van der Waals surface area contributed by atoms with Crippen LogP contribution < -0.4 is 11.1 Å². The fourth-order valence-electron chi connectivity index (χ4n) is 3.02. The third-order valence-electron chi connectivity index (χ3n) is 4.44. The van der Waals surface area contributed by atoms with Crippen LogP contribution in [0.5, 0.6) is 0 Å². The Bertz CT molecular complexity index is 548. The number of hydrogen-bond acceptors (Lipinski definition) is 5. The van der Waals surface area contributed by atoms with E-state index in [0.717, 1.165) is 35.1 Å². The van der Waals surface area contributed by atoms with Crippen LogP contribution in [0.3, 0.4) is 0 Å². The number of anilines is 2. The van der Waals surface area contributed by atoms with Crippen molar-refractivity contribution >= 4 is 27.8 Å². The molecule has 21 heavy (non-hydrogen) atoms. The van der Waals surface area contributed by atoms with Gasteiger partial charge in [-0.3, -0.25) is 4.79 Å². The fourth-order valence-corrected chi connectivity index (χ4v) is 4.40. The van der Waals surface area contributed by atoms with E-state index in [1.165, 1.54) is 18.4 Å². The molecule has 2 heterocycles. The maximum atomic E-state index is 12.4. The average Bonchev–Trinajstić information content (AvgIpc) is 3.10. The van der Waals surface area contributed by atoms with Crippen LogP contribution in [0.25, 0.3) is 0 Å². The summed E-state index contributed by atoms with van der Waals surface area (Å²) in [7, 11) is 2.15. The molecule has 2 fully saturated rings. The molecule has 2 aliphatic rings. The van der Waals surface area contributed by atoms with Crippen molar-refractivity contribution < 1.29 is 4.79 Å². The van der Waals surface area contributed by atoms with Gasteiger partial charge in [0.15, 0.2) is 5.78 Å². The van der Waals surface area contributed by atoms with Crippen LogP contribution in [-0.2, 0) is 0 Å². The van der Waals surface area contributed by atoms with E-state index in [4.69, 9.17) is 5.73 Å². The Hall–Kier alpha value is -1.07. The van der Waals surface area contributed by atoms with Crippen LogP contribution in [0.15, 0.2) is 0 Å². The summed E-state index contributed by atoms with van der Waals surface area (Å²) in [4.78, 5) is 15.5. The van der Waals surface area contributed by atoms with Crippen molar-refractivity contribution in [3.8, 4) is 0 Å². The SMILES string of the molecule is CC(C)C(=O)c1sc(NC2CCN(C)C2)c(C2CC2)c1N. The molecule has 0 amide bonds. The van der Waals surface area contributed by atoms with Crippen molar-refractivity contribution in [3.05, 3.63) is 10.4 Å². The van der Waals surface area contributed by atoms with E-state index >= 15 is 0 Å². The van der Waals surface area contributed by atoms with Crippen molar-refractivity contribution in [2.45, 2.75) is 45.1 Å². The largest absolute Gasteiger partial charge is 0.397 e. The minimum absolute atomic E-state index is 0.00321. The molecule has 5 heteroatoms. The van der Waals surface area contributed by atoms with Crippen LogP contribution >= 0.6 is 11.3 Å². The summed E-state index contributed by atoms with van der Waals surface area (Å²) < 4.78 is 0. The second-order valence-electron chi connectivity index (χ2n) is 6.77. The Labute approximate surface area is 130 Å². The van der Waals surface area contributed by atoms with Gasteiger partial charge in [-0.15, -0.1) is 11.3 Å². The van der Waals surface area contributed by atoms with E-state index in [1.54, 1.807) is 11.3 Å². The van der Waals surface area contributed by atoms with Crippen LogP contribution in [0.4, 0.5) is 10.7 Å². The highest BCUT2D eigenvalue weighted by Gasteiger charge is 2.34. The van der Waals surface area contributed by atoms with Gasteiger partial charge in [-0.2, -0.15) is 0 Å². The molecule has 1 aromatic heterocycles. The van der Waals surface area contributed by atoms with Gasteiger partial charge in [0.2, 0.25) is 0 Å². The maximum Gasteiger partial charge on any atom is 0.177 e. The molecule has 4 nitrogen and oxygen atoms in total. The molecule has 3 N–H and O–H groups in total. The monoisotopic (exact) mass is 307 g/mol. The molecular formula is C16H25N3OS. The number of carbonyl (C=O) groups is 1. The lowest BCUT2D eigenvalue weighted by molar-refractivity contribution is 0.0944. The van der Waals surface area contributed by atoms with Gasteiger partial charge < -0.3 is 16.0 Å². The van der Waals surface area contributed by atoms with Crippen molar-refractivity contribution in [1.29, 1.82) is 0 Å². The van der Waals surface area contributed by atoms with Gasteiger partial charge in [0.1, 0.15) is 0 Å². The number of hydrogen-bond donors (Lipinski definition) is 2. The average molecular weight is 307 g/mol. The summed E-state index contributed by atoms with van der Waals surface area (Å²) in [5.41, 5.74) is 8.29. The smallest absolute Gasteiger partial charge is 0.177 e. The van der Waals surface area contributed by atoms with Gasteiger partial charge >= 0.3 is 0 Å². The number of ketones is 1. The minimum atomic E-state index is 0.00321. The summed E-state index contributed by atoms with van der Waals surface area (Å²) in [6.45, 7) is 6.08. The topological polar surface area (TPSA) is 58.4 Å². The Morgan fingerprint density at radius 3 is 2.62 bits per heavy atom. The van der Waals surface area contributed by atoms with E-state index in [9.17, 15) is 4.79 Å². The highest BCUT2D eigenvalue weighted by molar-refractivity contribution is 7.18. The second kappa shape index (κ2) is 5.61. The number of carbonyl (C=O) groups excluding carboxylic acids is 1. The Balaban J connectivity index is 1.88. The summed E-state index contributed by atoms with van der Waals surface area (Å²) in [5, 5.41) is 4.81. The number of thiophene rings is 1. The molecule has 1 atom stereocenters. The number of nitrogens with one attached hydrogen (secondary N) is 1. The lowest BCUT2D eigenvalue weighted by Crippen LogP contribution is -2.23. The molecule has 1 aromatic rings. The molecule has 3 rings (SSSR count). The second-order valence-corrected chi connectivity index (χ2v) is 7.79. The standard InChI is InChI=1S/C16H25N3OS/c1-9(2)14(20)15-13(17)12(10-4-5-10)16(21-15)18-11-6-7-19(3)8-11/h9-11,18H,4-8,17H2,1-3H3. The predicted octanol–water partition coefficient (Wildman–Crippen LogP) is 3.16. The van der Waals surface area contributed by atoms with Crippen molar-refractivity contribution in [2.75, 3.05) is 31.2 Å². The van der Waals surface area contributed by atoms with E-state index in [0.29, 0.717) is 12.0 Å². The predicted molar refractivity (Wildman–Crippen MR) is 89.4 cm³/mol. The molecule has 1 unspecified atom stereocenters. The zero-order chi connectivity index (χ0) is 15.1. The zero-order valence-electron chi connectivity index (χ0n) is 13.1.